The average Bonchev–Trinajstić information content (AvgIpc) is 2.05. The summed E-state index contributed by atoms with van der Waals surface area (Å²) in [6, 6.07) is 0. The van der Waals surface area contributed by atoms with Crippen LogP contribution in [0.4, 0.5) is 0 Å². The Kier molecular flexibility index (Phi) is 2.22. The van der Waals surface area contributed by atoms with E-state index in [4.69, 9.17) is 9.47 Å². The number of hydrogen-bond donors (Lipinski definition) is 0. The van der Waals surface area contributed by atoms with Crippen molar-refractivity contribution in [3.8, 4) is 0 Å². The first-order valence-electron chi connectivity index (χ1n) is 3.86. The highest BCUT2D eigenvalue weighted by Crippen LogP contribution is 2.45. The lowest BCUT2D eigenvalue weighted by atomic mass is 10.4. The van der Waals surface area contributed by atoms with Crippen LogP contribution in [0.15, 0.2) is 0 Å². The second-order valence-corrected chi connectivity index (χ2v) is 5.64. The van der Waals surface area contributed by atoms with Crippen LogP contribution in [0.1, 0.15) is 0 Å². The Labute approximate surface area is 62.6 Å². The summed E-state index contributed by atoms with van der Waals surface area (Å²) in [4.78, 5) is 0. The summed E-state index contributed by atoms with van der Waals surface area (Å²) in [5, 5.41) is 0. The molecule has 0 radical (unpaired) electrons. The highest BCUT2D eigenvalue weighted by Gasteiger charge is 2.27. The molecule has 0 amide bonds. The van der Waals surface area contributed by atoms with Gasteiger partial charge in [0.25, 0.3) is 0 Å². The molecule has 0 atom stereocenters. The fourth-order valence-electron chi connectivity index (χ4n) is 1.54. The van der Waals surface area contributed by atoms with E-state index in [9.17, 15) is 0 Å². The van der Waals surface area contributed by atoms with Gasteiger partial charge in [-0.2, -0.15) is 0 Å². The van der Waals surface area contributed by atoms with E-state index >= 15 is 0 Å². The van der Waals surface area contributed by atoms with Crippen molar-refractivity contribution in [3.63, 3.8) is 0 Å². The molecule has 2 aliphatic heterocycles. The van der Waals surface area contributed by atoms with Crippen LogP contribution in [0.2, 0.25) is 0 Å². The van der Waals surface area contributed by atoms with E-state index in [-0.39, 0.29) is 0 Å². The van der Waals surface area contributed by atoms with Gasteiger partial charge in [-0.05, 0) is 12.3 Å². The molecular weight excluding hydrogens is 147 g/mol. The van der Waals surface area contributed by atoms with E-state index in [1.165, 1.54) is 12.3 Å². The van der Waals surface area contributed by atoms with Crippen LogP contribution in [0.3, 0.4) is 0 Å². The third-order valence-corrected chi connectivity index (χ3v) is 5.03. The summed E-state index contributed by atoms with van der Waals surface area (Å²) in [5.74, 6) is 0. The van der Waals surface area contributed by atoms with Crippen LogP contribution >= 0.6 is 7.92 Å². The molecule has 0 spiro atoms. The molecule has 0 saturated carbocycles. The van der Waals surface area contributed by atoms with Gasteiger partial charge in [0.1, 0.15) is 0 Å². The van der Waals surface area contributed by atoms with E-state index in [1.54, 1.807) is 0 Å². The highest BCUT2D eigenvalue weighted by atomic mass is 31.1. The molecule has 0 bridgehead atoms. The lowest BCUT2D eigenvalue weighted by Gasteiger charge is -2.35. The molecule has 58 valence electrons. The lowest BCUT2D eigenvalue weighted by Crippen LogP contribution is -2.33. The third-order valence-electron chi connectivity index (χ3n) is 2.18. The van der Waals surface area contributed by atoms with Crippen molar-refractivity contribution in [2.24, 2.45) is 0 Å². The zero-order chi connectivity index (χ0) is 6.81. The number of rotatable bonds is 0. The van der Waals surface area contributed by atoms with Gasteiger partial charge in [-0.3, -0.25) is 0 Å². The summed E-state index contributed by atoms with van der Waals surface area (Å²) in [6.07, 6.45) is 2.65. The molecule has 2 rings (SSSR count). The molecule has 2 aliphatic rings. The number of fused-ring (bicyclic) bond motifs is 1. The van der Waals surface area contributed by atoms with Gasteiger partial charge in [-0.25, -0.2) is 0 Å². The summed E-state index contributed by atoms with van der Waals surface area (Å²) in [7, 11) is 0.304. The van der Waals surface area contributed by atoms with Gasteiger partial charge in [0.15, 0.2) is 0 Å². The first-order chi connectivity index (χ1) is 4.97. The predicted molar refractivity (Wildman–Crippen MR) is 42.1 cm³/mol. The Morgan fingerprint density at radius 3 is 2.10 bits per heavy atom. The van der Waals surface area contributed by atoms with Crippen molar-refractivity contribution in [2.75, 3.05) is 38.8 Å². The topological polar surface area (TPSA) is 18.5 Å². The average molecular weight is 160 g/mol. The van der Waals surface area contributed by atoms with E-state index in [2.05, 4.69) is 0 Å². The van der Waals surface area contributed by atoms with Crippen molar-refractivity contribution in [2.45, 2.75) is 5.66 Å². The van der Waals surface area contributed by atoms with E-state index in [1.807, 2.05) is 0 Å². The molecule has 0 unspecified atom stereocenters. The number of hydrogen-bond acceptors (Lipinski definition) is 2. The molecule has 0 aliphatic carbocycles. The van der Waals surface area contributed by atoms with Crippen molar-refractivity contribution in [3.05, 3.63) is 0 Å². The molecule has 2 heterocycles. The molecule has 0 aromatic heterocycles. The van der Waals surface area contributed by atoms with Crippen molar-refractivity contribution in [1.29, 1.82) is 0 Å². The molecule has 3 heteroatoms. The van der Waals surface area contributed by atoms with Gasteiger partial charge in [0.2, 0.25) is 0 Å². The normalized spacial score (nSPS) is 40.8. The van der Waals surface area contributed by atoms with Crippen LogP contribution in [-0.4, -0.2) is 44.4 Å². The minimum absolute atomic E-state index is 0.304. The lowest BCUT2D eigenvalue weighted by molar-refractivity contribution is 0.0817. The van der Waals surface area contributed by atoms with Gasteiger partial charge >= 0.3 is 0 Å². The van der Waals surface area contributed by atoms with Gasteiger partial charge in [-0.1, -0.05) is 7.92 Å². The zero-order valence-corrected chi connectivity index (χ0v) is 6.98. The van der Waals surface area contributed by atoms with E-state index in [0.717, 1.165) is 32.1 Å². The molecule has 2 nitrogen and oxygen atoms in total. The van der Waals surface area contributed by atoms with Crippen molar-refractivity contribution in [1.82, 2.24) is 0 Å². The Bertz CT molecular complexity index is 92.2. The standard InChI is InChI=1S/C7H13O2P/c1-3-10-4-2-9-6-7(10)5-8-1/h7H,1-6H2. The number of ether oxygens (including phenoxy) is 2. The first-order valence-corrected chi connectivity index (χ1v) is 5.64. The van der Waals surface area contributed by atoms with Gasteiger partial charge in [-0.15, -0.1) is 0 Å². The second-order valence-electron chi connectivity index (χ2n) is 2.84. The SMILES string of the molecule is C1CP2CCOCC2CO1. The maximum atomic E-state index is 5.38. The first kappa shape index (κ1) is 7.02. The molecule has 0 N–H and O–H groups in total. The monoisotopic (exact) mass is 160 g/mol. The Morgan fingerprint density at radius 2 is 1.60 bits per heavy atom. The fourth-order valence-corrected chi connectivity index (χ4v) is 3.85. The quantitative estimate of drug-likeness (QED) is 0.490. The van der Waals surface area contributed by atoms with Crippen LogP contribution in [0, 0.1) is 0 Å². The molecule has 2 saturated heterocycles. The molecule has 0 aromatic carbocycles. The minimum Gasteiger partial charge on any atom is -0.380 e. The predicted octanol–water partition coefficient (Wildman–Crippen LogP) is 0.897. The largest absolute Gasteiger partial charge is 0.380 e. The fraction of sp³-hybridized carbons (Fsp3) is 1.00. The van der Waals surface area contributed by atoms with Crippen molar-refractivity contribution < 1.29 is 9.47 Å². The third kappa shape index (κ3) is 1.34. The van der Waals surface area contributed by atoms with Crippen LogP contribution in [0.5, 0.6) is 0 Å². The van der Waals surface area contributed by atoms with Crippen LogP contribution < -0.4 is 0 Å². The molecular formula is C7H13O2P. The van der Waals surface area contributed by atoms with Crippen LogP contribution in [-0.2, 0) is 9.47 Å². The maximum absolute atomic E-state index is 5.38. The summed E-state index contributed by atoms with van der Waals surface area (Å²) in [6.45, 7) is 3.93. The van der Waals surface area contributed by atoms with Gasteiger partial charge in [0.05, 0.1) is 26.4 Å². The van der Waals surface area contributed by atoms with Crippen molar-refractivity contribution >= 4 is 7.92 Å². The Hall–Kier alpha value is 0.350. The Balaban J connectivity index is 1.93. The van der Waals surface area contributed by atoms with Crippen LogP contribution in [0.25, 0.3) is 0 Å². The zero-order valence-electron chi connectivity index (χ0n) is 6.08. The molecule has 10 heavy (non-hydrogen) atoms. The minimum atomic E-state index is 0.304. The Morgan fingerprint density at radius 1 is 1.00 bits per heavy atom. The van der Waals surface area contributed by atoms with E-state index in [0.29, 0.717) is 7.92 Å². The summed E-state index contributed by atoms with van der Waals surface area (Å²) in [5.41, 5.74) is 0.775. The smallest absolute Gasteiger partial charge is 0.0555 e. The van der Waals surface area contributed by atoms with Gasteiger partial charge < -0.3 is 9.47 Å². The van der Waals surface area contributed by atoms with Gasteiger partial charge in [0, 0.05) is 5.66 Å². The second kappa shape index (κ2) is 3.17. The molecule has 0 aromatic rings. The maximum Gasteiger partial charge on any atom is 0.0555 e. The summed E-state index contributed by atoms with van der Waals surface area (Å²) < 4.78 is 10.8. The highest BCUT2D eigenvalue weighted by molar-refractivity contribution is 7.58. The van der Waals surface area contributed by atoms with E-state index < -0.39 is 0 Å². The summed E-state index contributed by atoms with van der Waals surface area (Å²) >= 11 is 0. The molecule has 2 fully saturated rings.